The van der Waals surface area contributed by atoms with Gasteiger partial charge in [0.15, 0.2) is 17.2 Å². The first kappa shape index (κ1) is 29.5. The largest absolute Gasteiger partial charge is 0.455 e. The van der Waals surface area contributed by atoms with Gasteiger partial charge < -0.3 is 8.83 Å². The first-order chi connectivity index (χ1) is 26.5. The molecule has 54 heavy (non-hydrogen) atoms. The van der Waals surface area contributed by atoms with Gasteiger partial charge in [0.1, 0.15) is 22.3 Å². The van der Waals surface area contributed by atoms with Crippen molar-refractivity contribution >= 4 is 65.7 Å². The normalized spacial score (nSPS) is 13.5. The van der Waals surface area contributed by atoms with Gasteiger partial charge in [0.2, 0.25) is 5.95 Å². The average Bonchev–Trinajstić information content (AvgIpc) is 3.95. The highest BCUT2D eigenvalue weighted by atomic mass is 16.3. The Morgan fingerprint density at radius 3 is 1.85 bits per heavy atom. The maximum absolute atomic E-state index is 6.80. The maximum atomic E-state index is 6.80. The first-order valence-electron chi connectivity index (χ1n) is 18.3. The second-order valence-electron chi connectivity index (χ2n) is 14.8. The second-order valence-corrected chi connectivity index (χ2v) is 14.8. The van der Waals surface area contributed by atoms with Gasteiger partial charge >= 0.3 is 0 Å². The minimum absolute atomic E-state index is 0.303. The van der Waals surface area contributed by atoms with Crippen molar-refractivity contribution in [3.05, 3.63) is 157 Å². The summed E-state index contributed by atoms with van der Waals surface area (Å²) in [6.45, 7) is 4.65. The van der Waals surface area contributed by atoms with E-state index in [0.717, 1.165) is 76.8 Å². The molecule has 1 aliphatic carbocycles. The van der Waals surface area contributed by atoms with Crippen molar-refractivity contribution in [3.8, 4) is 39.9 Å². The van der Waals surface area contributed by atoms with Gasteiger partial charge in [-0.3, -0.25) is 4.57 Å². The molecule has 0 amide bonds. The third kappa shape index (κ3) is 3.86. The van der Waals surface area contributed by atoms with Crippen molar-refractivity contribution in [1.29, 1.82) is 0 Å². The van der Waals surface area contributed by atoms with Crippen molar-refractivity contribution in [2.24, 2.45) is 0 Å². The first-order valence-corrected chi connectivity index (χ1v) is 18.3. The maximum Gasteiger partial charge on any atom is 0.238 e. The summed E-state index contributed by atoms with van der Waals surface area (Å²) in [6.07, 6.45) is 0. The van der Waals surface area contributed by atoms with Gasteiger partial charge in [-0.25, -0.2) is 4.98 Å². The highest BCUT2D eigenvalue weighted by Gasteiger charge is 2.39. The molecule has 254 valence electrons. The Hall–Kier alpha value is -7.05. The molecule has 0 radical (unpaired) electrons. The molecule has 0 unspecified atom stereocenters. The number of furan rings is 2. The van der Waals surface area contributed by atoms with Gasteiger partial charge in [-0.05, 0) is 46.5 Å². The summed E-state index contributed by atoms with van der Waals surface area (Å²) in [5, 5.41) is 6.39. The number of fused-ring (bicyclic) bond motifs is 14. The highest BCUT2D eigenvalue weighted by molar-refractivity contribution is 6.22. The van der Waals surface area contributed by atoms with E-state index in [1.165, 1.54) is 22.3 Å². The van der Waals surface area contributed by atoms with Gasteiger partial charge in [0.05, 0.1) is 11.1 Å². The fraction of sp³-hybridized carbons (Fsp3) is 0.0625. The zero-order valence-corrected chi connectivity index (χ0v) is 29.5. The smallest absolute Gasteiger partial charge is 0.238 e. The van der Waals surface area contributed by atoms with Crippen LogP contribution in [0.4, 0.5) is 0 Å². The van der Waals surface area contributed by atoms with Crippen molar-refractivity contribution in [1.82, 2.24) is 19.5 Å². The van der Waals surface area contributed by atoms with Crippen molar-refractivity contribution < 1.29 is 8.83 Å². The van der Waals surface area contributed by atoms with Crippen LogP contribution in [0, 0.1) is 0 Å². The van der Waals surface area contributed by atoms with Crippen molar-refractivity contribution in [3.63, 3.8) is 0 Å². The van der Waals surface area contributed by atoms with Crippen LogP contribution in [-0.4, -0.2) is 19.5 Å². The summed E-state index contributed by atoms with van der Waals surface area (Å²) in [5.74, 6) is 1.62. The lowest BCUT2D eigenvalue weighted by atomic mass is 9.81. The summed E-state index contributed by atoms with van der Waals surface area (Å²) in [6, 6.07) is 50.4. The molecule has 6 heteroatoms. The summed E-state index contributed by atoms with van der Waals surface area (Å²) >= 11 is 0. The number of aromatic nitrogens is 4. The van der Waals surface area contributed by atoms with Crippen LogP contribution in [0.25, 0.3) is 106 Å². The van der Waals surface area contributed by atoms with Crippen LogP contribution >= 0.6 is 0 Å². The predicted molar refractivity (Wildman–Crippen MR) is 217 cm³/mol. The minimum atomic E-state index is -0.303. The third-order valence-electron chi connectivity index (χ3n) is 11.5. The number of hydrogen-bond acceptors (Lipinski definition) is 5. The lowest BCUT2D eigenvalue weighted by Crippen LogP contribution is -2.17. The van der Waals surface area contributed by atoms with E-state index in [1.54, 1.807) is 0 Å². The Labute approximate surface area is 309 Å². The summed E-state index contributed by atoms with van der Waals surface area (Å²) in [7, 11) is 0. The third-order valence-corrected chi connectivity index (χ3v) is 11.5. The molecule has 0 fully saturated rings. The molecule has 4 aromatic heterocycles. The summed E-state index contributed by atoms with van der Waals surface area (Å²) < 4.78 is 15.6. The van der Waals surface area contributed by atoms with E-state index >= 15 is 0 Å². The molecule has 0 atom stereocenters. The fourth-order valence-corrected chi connectivity index (χ4v) is 9.05. The van der Waals surface area contributed by atoms with E-state index in [2.05, 4.69) is 97.3 Å². The number of benzene rings is 7. The number of para-hydroxylation sites is 3. The molecule has 0 N–H and O–H groups in total. The second kappa shape index (κ2) is 10.5. The number of nitrogens with zero attached hydrogens (tertiary/aromatic N) is 4. The van der Waals surface area contributed by atoms with E-state index in [1.807, 2.05) is 66.7 Å². The topological polar surface area (TPSA) is 69.9 Å². The predicted octanol–water partition coefficient (Wildman–Crippen LogP) is 12.4. The quantitative estimate of drug-likeness (QED) is 0.184. The van der Waals surface area contributed by atoms with Crippen LogP contribution in [0.2, 0.25) is 0 Å². The van der Waals surface area contributed by atoms with E-state index in [0.29, 0.717) is 17.6 Å². The fourth-order valence-electron chi connectivity index (χ4n) is 9.05. The Morgan fingerprint density at radius 1 is 0.444 bits per heavy atom. The Balaban J connectivity index is 1.26. The molecule has 12 rings (SSSR count). The van der Waals surface area contributed by atoms with Gasteiger partial charge in [0, 0.05) is 43.3 Å². The number of hydrogen-bond donors (Lipinski definition) is 0. The molecule has 1 aliphatic rings. The van der Waals surface area contributed by atoms with Crippen LogP contribution < -0.4 is 0 Å². The summed E-state index contributed by atoms with van der Waals surface area (Å²) in [4.78, 5) is 15.9. The zero-order valence-electron chi connectivity index (χ0n) is 29.5. The standard InChI is InChI=1S/C48H30N4O2/c1-48(2)37-20-9-6-15-28(37)31-23-24-32-33-25-26-35-30-17-8-11-22-39(30)54-44(35)42(33)52(41(32)40(31)48)47-50-45(27-13-4-3-5-14-27)49-46(51-47)36-19-12-18-34-29-16-7-10-21-38(29)53-43(34)36/h3-26H,1-2H3. The number of rotatable bonds is 3. The van der Waals surface area contributed by atoms with Gasteiger partial charge in [-0.15, -0.1) is 0 Å². The Kier molecular flexibility index (Phi) is 5.75. The zero-order chi connectivity index (χ0) is 35.7. The molecule has 4 heterocycles. The van der Waals surface area contributed by atoms with Crippen molar-refractivity contribution in [2.75, 3.05) is 0 Å². The molecule has 11 aromatic rings. The lowest BCUT2D eigenvalue weighted by molar-refractivity contribution is 0.662. The molecule has 0 aliphatic heterocycles. The SMILES string of the molecule is CC1(C)c2ccccc2-c2ccc3c4ccc5c6ccccc6oc5c4n(-c4nc(-c5ccccc5)nc(-c5cccc6c5oc5ccccc56)n4)c3c21. The summed E-state index contributed by atoms with van der Waals surface area (Å²) in [5.41, 5.74) is 11.6. The lowest BCUT2D eigenvalue weighted by Gasteiger charge is -2.23. The highest BCUT2D eigenvalue weighted by Crippen LogP contribution is 2.53. The molecule has 0 saturated carbocycles. The van der Waals surface area contributed by atoms with Crippen LogP contribution in [0.1, 0.15) is 25.0 Å². The molecule has 7 aromatic carbocycles. The minimum Gasteiger partial charge on any atom is -0.455 e. The van der Waals surface area contributed by atoms with Gasteiger partial charge in [-0.2, -0.15) is 9.97 Å². The Morgan fingerprint density at radius 2 is 1.04 bits per heavy atom. The molecule has 0 spiro atoms. The monoisotopic (exact) mass is 694 g/mol. The van der Waals surface area contributed by atoms with Crippen LogP contribution in [-0.2, 0) is 5.41 Å². The van der Waals surface area contributed by atoms with Crippen LogP contribution in [0.5, 0.6) is 0 Å². The molecule has 6 nitrogen and oxygen atoms in total. The van der Waals surface area contributed by atoms with E-state index in [4.69, 9.17) is 23.8 Å². The van der Waals surface area contributed by atoms with Crippen LogP contribution in [0.15, 0.2) is 154 Å². The molecule has 0 saturated heterocycles. The van der Waals surface area contributed by atoms with Gasteiger partial charge in [0.25, 0.3) is 0 Å². The average molecular weight is 695 g/mol. The Bertz CT molecular complexity index is 3370. The van der Waals surface area contributed by atoms with E-state index in [9.17, 15) is 0 Å². The molecular weight excluding hydrogens is 665 g/mol. The molecular formula is C48H30N4O2. The van der Waals surface area contributed by atoms with Crippen LogP contribution in [0.3, 0.4) is 0 Å². The van der Waals surface area contributed by atoms with Gasteiger partial charge in [-0.1, -0.05) is 135 Å². The van der Waals surface area contributed by atoms with E-state index < -0.39 is 0 Å². The molecule has 0 bridgehead atoms. The van der Waals surface area contributed by atoms with E-state index in [-0.39, 0.29) is 5.41 Å². The van der Waals surface area contributed by atoms with Crippen molar-refractivity contribution in [2.45, 2.75) is 19.3 Å².